The first-order valence-corrected chi connectivity index (χ1v) is 7.97. The zero-order valence-electron chi connectivity index (χ0n) is 10.9. The van der Waals surface area contributed by atoms with Crippen LogP contribution in [0.25, 0.3) is 0 Å². The molecule has 0 heterocycles. The van der Waals surface area contributed by atoms with Gasteiger partial charge in [0.15, 0.2) is 0 Å². The van der Waals surface area contributed by atoms with Gasteiger partial charge in [0.1, 0.15) is 18.2 Å². The minimum atomic E-state index is -3.59. The van der Waals surface area contributed by atoms with Crippen LogP contribution in [0.3, 0.4) is 0 Å². The van der Waals surface area contributed by atoms with Gasteiger partial charge in [0.25, 0.3) is 0 Å². The Labute approximate surface area is 127 Å². The molecular weight excluding hydrogens is 317 g/mol. The van der Waals surface area contributed by atoms with Crippen molar-refractivity contribution in [3.05, 3.63) is 59.4 Å². The van der Waals surface area contributed by atoms with Gasteiger partial charge in [-0.15, -0.1) is 0 Å². The van der Waals surface area contributed by atoms with Gasteiger partial charge >= 0.3 is 0 Å². The molecule has 0 saturated carbocycles. The topological polar surface area (TPSA) is 55.4 Å². The van der Waals surface area contributed by atoms with Crippen molar-refractivity contribution in [1.82, 2.24) is 4.72 Å². The van der Waals surface area contributed by atoms with E-state index in [0.29, 0.717) is 10.8 Å². The van der Waals surface area contributed by atoms with Crippen molar-refractivity contribution in [1.29, 1.82) is 0 Å². The highest BCUT2D eigenvalue weighted by atomic mass is 35.5. The normalized spacial score (nSPS) is 11.3. The van der Waals surface area contributed by atoms with Gasteiger partial charge < -0.3 is 4.74 Å². The van der Waals surface area contributed by atoms with Gasteiger partial charge in [-0.05, 0) is 48.5 Å². The number of rotatable bonds is 6. The van der Waals surface area contributed by atoms with Crippen molar-refractivity contribution in [3.8, 4) is 5.75 Å². The first-order chi connectivity index (χ1) is 9.97. The maximum atomic E-state index is 12.7. The number of nitrogens with one attached hydrogen (secondary N) is 1. The number of halogens is 2. The van der Waals surface area contributed by atoms with Gasteiger partial charge in [0, 0.05) is 11.6 Å². The molecule has 0 unspecified atom stereocenters. The monoisotopic (exact) mass is 329 g/mol. The second kappa shape index (κ2) is 6.89. The Morgan fingerprint density at radius 2 is 1.67 bits per heavy atom. The largest absolute Gasteiger partial charge is 0.492 e. The van der Waals surface area contributed by atoms with Gasteiger partial charge in [0.05, 0.1) is 4.90 Å². The Balaban J connectivity index is 1.85. The SMILES string of the molecule is O=S(=O)(NCCOc1ccc(F)cc1)c1ccc(Cl)cc1. The summed E-state index contributed by atoms with van der Waals surface area (Å²) >= 11 is 5.71. The van der Waals surface area contributed by atoms with Gasteiger partial charge in [-0.25, -0.2) is 17.5 Å². The molecule has 2 aromatic carbocycles. The summed E-state index contributed by atoms with van der Waals surface area (Å²) < 4.78 is 44.3. The van der Waals surface area contributed by atoms with E-state index in [0.717, 1.165) is 0 Å². The van der Waals surface area contributed by atoms with Gasteiger partial charge in [-0.1, -0.05) is 11.6 Å². The summed E-state index contributed by atoms with van der Waals surface area (Å²) in [6.07, 6.45) is 0. The Hall–Kier alpha value is -1.63. The van der Waals surface area contributed by atoms with Crippen molar-refractivity contribution in [2.75, 3.05) is 13.2 Å². The average Bonchev–Trinajstić information content (AvgIpc) is 2.46. The van der Waals surface area contributed by atoms with Crippen molar-refractivity contribution in [3.63, 3.8) is 0 Å². The van der Waals surface area contributed by atoms with Crippen molar-refractivity contribution in [2.24, 2.45) is 0 Å². The van der Waals surface area contributed by atoms with E-state index in [1.165, 1.54) is 48.5 Å². The lowest BCUT2D eigenvalue weighted by atomic mass is 10.3. The molecule has 2 rings (SSSR count). The van der Waals surface area contributed by atoms with Crippen LogP contribution in [-0.4, -0.2) is 21.6 Å². The average molecular weight is 330 g/mol. The number of hydrogen-bond donors (Lipinski definition) is 1. The molecule has 0 radical (unpaired) electrons. The summed E-state index contributed by atoms with van der Waals surface area (Å²) in [5.74, 6) is 0.118. The lowest BCUT2D eigenvalue weighted by Crippen LogP contribution is -2.28. The van der Waals surface area contributed by atoms with E-state index in [1.54, 1.807) is 0 Å². The highest BCUT2D eigenvalue weighted by Crippen LogP contribution is 2.14. The van der Waals surface area contributed by atoms with E-state index in [1.807, 2.05) is 0 Å². The summed E-state index contributed by atoms with van der Waals surface area (Å²) in [5.41, 5.74) is 0. The van der Waals surface area contributed by atoms with E-state index in [4.69, 9.17) is 16.3 Å². The third-order valence-corrected chi connectivity index (χ3v) is 4.33. The highest BCUT2D eigenvalue weighted by molar-refractivity contribution is 7.89. The molecular formula is C14H13ClFNO3S. The summed E-state index contributed by atoms with van der Waals surface area (Å²) in [6, 6.07) is 11.3. The van der Waals surface area contributed by atoms with E-state index in [9.17, 15) is 12.8 Å². The van der Waals surface area contributed by atoms with Crippen LogP contribution in [0.4, 0.5) is 4.39 Å². The molecule has 0 atom stereocenters. The Kier molecular flexibility index (Phi) is 5.17. The molecule has 0 spiro atoms. The molecule has 7 heteroatoms. The first-order valence-electron chi connectivity index (χ1n) is 6.11. The van der Waals surface area contributed by atoms with Crippen molar-refractivity contribution >= 4 is 21.6 Å². The van der Waals surface area contributed by atoms with E-state index < -0.39 is 10.0 Å². The molecule has 0 bridgehead atoms. The summed E-state index contributed by atoms with van der Waals surface area (Å²) in [5, 5.41) is 0.466. The molecule has 21 heavy (non-hydrogen) atoms. The van der Waals surface area contributed by atoms with Crippen molar-refractivity contribution < 1.29 is 17.5 Å². The fraction of sp³-hybridized carbons (Fsp3) is 0.143. The molecule has 0 aromatic heterocycles. The summed E-state index contributed by atoms with van der Waals surface area (Å²) in [4.78, 5) is 0.133. The smallest absolute Gasteiger partial charge is 0.240 e. The molecule has 4 nitrogen and oxygen atoms in total. The Morgan fingerprint density at radius 1 is 1.05 bits per heavy atom. The molecule has 112 valence electrons. The first kappa shape index (κ1) is 15.8. The maximum absolute atomic E-state index is 12.7. The van der Waals surface area contributed by atoms with E-state index in [-0.39, 0.29) is 23.9 Å². The lowest BCUT2D eigenvalue weighted by molar-refractivity contribution is 0.322. The molecule has 0 amide bonds. The van der Waals surface area contributed by atoms with Crippen LogP contribution in [0, 0.1) is 5.82 Å². The van der Waals surface area contributed by atoms with Crippen molar-refractivity contribution in [2.45, 2.75) is 4.90 Å². The van der Waals surface area contributed by atoms with Gasteiger partial charge in [0.2, 0.25) is 10.0 Å². The van der Waals surface area contributed by atoms with Crippen LogP contribution in [0.5, 0.6) is 5.75 Å². The predicted octanol–water partition coefficient (Wildman–Crippen LogP) is 2.84. The summed E-state index contributed by atoms with van der Waals surface area (Å²) in [6.45, 7) is 0.237. The number of ether oxygens (including phenoxy) is 1. The van der Waals surface area contributed by atoms with E-state index >= 15 is 0 Å². The Bertz CT molecular complexity index is 687. The minimum Gasteiger partial charge on any atom is -0.492 e. The van der Waals surface area contributed by atoms with Crippen LogP contribution in [0.15, 0.2) is 53.4 Å². The molecule has 2 aromatic rings. The summed E-state index contributed by atoms with van der Waals surface area (Å²) in [7, 11) is -3.59. The molecule has 0 aliphatic carbocycles. The molecule has 1 N–H and O–H groups in total. The number of sulfonamides is 1. The molecule has 0 aliphatic rings. The highest BCUT2D eigenvalue weighted by Gasteiger charge is 2.12. The lowest BCUT2D eigenvalue weighted by Gasteiger charge is -2.08. The quantitative estimate of drug-likeness (QED) is 0.829. The van der Waals surface area contributed by atoms with Crippen LogP contribution in [-0.2, 0) is 10.0 Å². The Morgan fingerprint density at radius 3 is 2.29 bits per heavy atom. The fourth-order valence-corrected chi connectivity index (χ4v) is 2.71. The van der Waals surface area contributed by atoms with Crippen LogP contribution < -0.4 is 9.46 Å². The number of benzene rings is 2. The third kappa shape index (κ3) is 4.70. The number of hydrogen-bond acceptors (Lipinski definition) is 3. The second-order valence-corrected chi connectivity index (χ2v) is 6.36. The molecule has 0 saturated heterocycles. The molecule has 0 fully saturated rings. The maximum Gasteiger partial charge on any atom is 0.240 e. The van der Waals surface area contributed by atoms with Gasteiger partial charge in [-0.2, -0.15) is 0 Å². The van der Waals surface area contributed by atoms with E-state index in [2.05, 4.69) is 4.72 Å². The van der Waals surface area contributed by atoms with Gasteiger partial charge in [-0.3, -0.25) is 0 Å². The zero-order valence-corrected chi connectivity index (χ0v) is 12.5. The fourth-order valence-electron chi connectivity index (χ4n) is 1.57. The third-order valence-electron chi connectivity index (χ3n) is 2.60. The van der Waals surface area contributed by atoms with Crippen LogP contribution in [0.2, 0.25) is 5.02 Å². The van der Waals surface area contributed by atoms with Crippen LogP contribution in [0.1, 0.15) is 0 Å². The minimum absolute atomic E-state index is 0.0995. The zero-order chi connectivity index (χ0) is 15.3. The standard InChI is InChI=1S/C14H13ClFNO3S/c15-11-1-7-14(8-2-11)21(18,19)17-9-10-20-13-5-3-12(16)4-6-13/h1-8,17H,9-10H2. The second-order valence-electron chi connectivity index (χ2n) is 4.15. The predicted molar refractivity (Wildman–Crippen MR) is 78.5 cm³/mol. The van der Waals surface area contributed by atoms with Crippen LogP contribution >= 0.6 is 11.6 Å². The molecule has 0 aliphatic heterocycles.